The molecule has 1 saturated heterocycles. The molecule has 0 radical (unpaired) electrons. The van der Waals surface area contributed by atoms with Gasteiger partial charge in [0.1, 0.15) is 0 Å². The Balaban J connectivity index is 1.94. The molecule has 1 fully saturated rings. The van der Waals surface area contributed by atoms with Crippen molar-refractivity contribution in [2.24, 2.45) is 0 Å². The molecule has 0 saturated carbocycles. The molecule has 5 heteroatoms. The van der Waals surface area contributed by atoms with Crippen LogP contribution < -0.4 is 5.32 Å². The van der Waals surface area contributed by atoms with Crippen LogP contribution in [0.3, 0.4) is 0 Å². The number of nitrogens with one attached hydrogen (secondary N) is 1. The van der Waals surface area contributed by atoms with Gasteiger partial charge >= 0.3 is 0 Å². The molecule has 0 spiro atoms. The van der Waals surface area contributed by atoms with Crippen LogP contribution in [0.15, 0.2) is 29.2 Å². The first-order chi connectivity index (χ1) is 10.0. The lowest BCUT2D eigenvalue weighted by Gasteiger charge is -2.32. The maximum absolute atomic E-state index is 12.0. The fourth-order valence-corrected chi connectivity index (χ4v) is 4.10. The molecule has 0 aliphatic carbocycles. The van der Waals surface area contributed by atoms with Crippen molar-refractivity contribution >= 4 is 15.5 Å². The SMILES string of the molecule is CCCS(=O)(=O)c1ccc(NC2CCN(CC)CC2)cc1. The van der Waals surface area contributed by atoms with E-state index in [9.17, 15) is 8.42 Å². The second kappa shape index (κ2) is 7.27. The molecule has 4 nitrogen and oxygen atoms in total. The molecule has 0 aromatic heterocycles. The summed E-state index contributed by atoms with van der Waals surface area (Å²) in [5, 5.41) is 3.51. The lowest BCUT2D eigenvalue weighted by molar-refractivity contribution is 0.229. The minimum Gasteiger partial charge on any atom is -0.382 e. The minimum atomic E-state index is -3.11. The molecular weight excluding hydrogens is 284 g/mol. The van der Waals surface area contributed by atoms with Gasteiger partial charge in [-0.1, -0.05) is 13.8 Å². The van der Waals surface area contributed by atoms with Crippen molar-refractivity contribution in [2.75, 3.05) is 30.7 Å². The van der Waals surface area contributed by atoms with Gasteiger partial charge in [0.05, 0.1) is 10.6 Å². The Bertz CT molecular complexity index is 532. The second-order valence-corrected chi connectivity index (χ2v) is 7.81. The number of hydrogen-bond acceptors (Lipinski definition) is 4. The normalized spacial score (nSPS) is 17.8. The highest BCUT2D eigenvalue weighted by molar-refractivity contribution is 7.91. The highest BCUT2D eigenvalue weighted by Crippen LogP contribution is 2.19. The number of benzene rings is 1. The first kappa shape index (κ1) is 16.3. The highest BCUT2D eigenvalue weighted by atomic mass is 32.2. The molecule has 2 rings (SSSR count). The summed E-state index contributed by atoms with van der Waals surface area (Å²) in [6.07, 6.45) is 2.94. The lowest BCUT2D eigenvalue weighted by Crippen LogP contribution is -2.38. The van der Waals surface area contributed by atoms with E-state index in [1.807, 2.05) is 19.1 Å². The standard InChI is InChI=1S/C16H26N2O2S/c1-3-13-21(19,20)16-7-5-14(6-8-16)17-15-9-11-18(4-2)12-10-15/h5-8,15,17H,3-4,9-13H2,1-2H3. The average molecular weight is 310 g/mol. The summed E-state index contributed by atoms with van der Waals surface area (Å²) < 4.78 is 24.0. The van der Waals surface area contributed by atoms with Crippen molar-refractivity contribution in [3.63, 3.8) is 0 Å². The van der Waals surface area contributed by atoms with Crippen molar-refractivity contribution < 1.29 is 8.42 Å². The number of anilines is 1. The van der Waals surface area contributed by atoms with Gasteiger partial charge in [0.15, 0.2) is 9.84 Å². The van der Waals surface area contributed by atoms with E-state index in [1.165, 1.54) is 0 Å². The Morgan fingerprint density at radius 2 is 1.76 bits per heavy atom. The predicted octanol–water partition coefficient (Wildman–Crippen LogP) is 2.77. The van der Waals surface area contributed by atoms with Crippen LogP contribution in [0.2, 0.25) is 0 Å². The van der Waals surface area contributed by atoms with Crippen LogP contribution in [0.25, 0.3) is 0 Å². The van der Waals surface area contributed by atoms with E-state index < -0.39 is 9.84 Å². The third kappa shape index (κ3) is 4.45. The third-order valence-corrected chi connectivity index (χ3v) is 6.03. The highest BCUT2D eigenvalue weighted by Gasteiger charge is 2.18. The fourth-order valence-electron chi connectivity index (χ4n) is 2.77. The van der Waals surface area contributed by atoms with E-state index in [2.05, 4.69) is 17.1 Å². The van der Waals surface area contributed by atoms with Gasteiger partial charge in [-0.15, -0.1) is 0 Å². The molecule has 0 bridgehead atoms. The minimum absolute atomic E-state index is 0.218. The molecule has 0 unspecified atom stereocenters. The van der Waals surface area contributed by atoms with E-state index in [0.717, 1.165) is 38.2 Å². The van der Waals surface area contributed by atoms with Crippen LogP contribution in [0.5, 0.6) is 0 Å². The van der Waals surface area contributed by atoms with Gasteiger partial charge in [0.2, 0.25) is 0 Å². The van der Waals surface area contributed by atoms with Crippen molar-refractivity contribution in [1.82, 2.24) is 4.90 Å². The smallest absolute Gasteiger partial charge is 0.178 e. The van der Waals surface area contributed by atoms with Gasteiger partial charge in [0.25, 0.3) is 0 Å². The summed E-state index contributed by atoms with van der Waals surface area (Å²) in [6, 6.07) is 7.69. The molecule has 1 N–H and O–H groups in total. The molecule has 1 aromatic carbocycles. The Kier molecular flexibility index (Phi) is 5.65. The summed E-state index contributed by atoms with van der Waals surface area (Å²) in [5.74, 6) is 0.218. The van der Waals surface area contributed by atoms with Crippen molar-refractivity contribution in [2.45, 2.75) is 44.0 Å². The summed E-state index contributed by atoms with van der Waals surface area (Å²) in [5.41, 5.74) is 1.01. The summed E-state index contributed by atoms with van der Waals surface area (Å²) in [7, 11) is -3.11. The molecule has 1 aromatic rings. The van der Waals surface area contributed by atoms with Gasteiger partial charge in [-0.2, -0.15) is 0 Å². The number of piperidine rings is 1. The lowest BCUT2D eigenvalue weighted by atomic mass is 10.0. The van der Waals surface area contributed by atoms with Crippen LogP contribution in [0, 0.1) is 0 Å². The monoisotopic (exact) mass is 310 g/mol. The van der Waals surface area contributed by atoms with Gasteiger partial charge in [-0.25, -0.2) is 8.42 Å². The van der Waals surface area contributed by atoms with Crippen LogP contribution in [0.4, 0.5) is 5.69 Å². The first-order valence-corrected chi connectivity index (χ1v) is 9.52. The molecular formula is C16H26N2O2S. The molecule has 1 aliphatic rings. The first-order valence-electron chi connectivity index (χ1n) is 7.87. The quantitative estimate of drug-likeness (QED) is 0.878. The zero-order valence-electron chi connectivity index (χ0n) is 13.0. The van der Waals surface area contributed by atoms with E-state index in [-0.39, 0.29) is 5.75 Å². The summed E-state index contributed by atoms with van der Waals surface area (Å²) in [4.78, 5) is 2.88. The molecule has 1 heterocycles. The van der Waals surface area contributed by atoms with E-state index >= 15 is 0 Å². The predicted molar refractivity (Wildman–Crippen MR) is 87.5 cm³/mol. The summed E-state index contributed by atoms with van der Waals surface area (Å²) >= 11 is 0. The maximum Gasteiger partial charge on any atom is 0.178 e. The zero-order chi connectivity index (χ0) is 15.3. The van der Waals surface area contributed by atoms with Crippen molar-refractivity contribution in [3.8, 4) is 0 Å². The molecule has 118 valence electrons. The average Bonchev–Trinajstić information content (AvgIpc) is 2.48. The molecule has 0 amide bonds. The van der Waals surface area contributed by atoms with Crippen LogP contribution >= 0.6 is 0 Å². The number of sulfone groups is 1. The van der Waals surface area contributed by atoms with E-state index in [1.54, 1.807) is 12.1 Å². The second-order valence-electron chi connectivity index (χ2n) is 5.70. The Morgan fingerprint density at radius 1 is 1.14 bits per heavy atom. The molecule has 21 heavy (non-hydrogen) atoms. The number of likely N-dealkylation sites (tertiary alicyclic amines) is 1. The van der Waals surface area contributed by atoms with E-state index in [4.69, 9.17) is 0 Å². The van der Waals surface area contributed by atoms with Gasteiger partial charge < -0.3 is 10.2 Å². The Morgan fingerprint density at radius 3 is 2.29 bits per heavy atom. The number of hydrogen-bond donors (Lipinski definition) is 1. The van der Waals surface area contributed by atoms with Crippen molar-refractivity contribution in [3.05, 3.63) is 24.3 Å². The van der Waals surface area contributed by atoms with Crippen molar-refractivity contribution in [1.29, 1.82) is 0 Å². The topological polar surface area (TPSA) is 49.4 Å². The van der Waals surface area contributed by atoms with Crippen LogP contribution in [0.1, 0.15) is 33.1 Å². The maximum atomic E-state index is 12.0. The number of nitrogens with zero attached hydrogens (tertiary/aromatic N) is 1. The number of rotatable bonds is 6. The zero-order valence-corrected chi connectivity index (χ0v) is 13.8. The Hall–Kier alpha value is -1.07. The third-order valence-electron chi connectivity index (χ3n) is 4.09. The van der Waals surface area contributed by atoms with Gasteiger partial charge in [-0.05, 0) is 50.1 Å². The van der Waals surface area contributed by atoms with Gasteiger partial charge in [-0.3, -0.25) is 0 Å². The summed E-state index contributed by atoms with van der Waals surface area (Å²) in [6.45, 7) is 7.48. The molecule has 0 atom stereocenters. The molecule has 1 aliphatic heterocycles. The van der Waals surface area contributed by atoms with Gasteiger partial charge in [0, 0.05) is 24.8 Å². The Labute approximate surface area is 128 Å². The van der Waals surface area contributed by atoms with Crippen LogP contribution in [-0.2, 0) is 9.84 Å². The largest absolute Gasteiger partial charge is 0.382 e. The fraction of sp³-hybridized carbons (Fsp3) is 0.625. The van der Waals surface area contributed by atoms with Crippen LogP contribution in [-0.4, -0.2) is 44.7 Å². The van der Waals surface area contributed by atoms with E-state index in [0.29, 0.717) is 17.4 Å².